The fourth-order valence-electron chi connectivity index (χ4n) is 1.51. The predicted molar refractivity (Wildman–Crippen MR) is 52.9 cm³/mol. The van der Waals surface area contributed by atoms with Crippen LogP contribution in [-0.2, 0) is 9.53 Å². The lowest BCUT2D eigenvalue weighted by Crippen LogP contribution is -2.30. The maximum absolute atomic E-state index is 11.5. The number of rotatable bonds is 4. The van der Waals surface area contributed by atoms with Crippen LogP contribution in [0.25, 0.3) is 0 Å². The molecule has 4 heteroatoms. The second kappa shape index (κ2) is 5.32. The molecule has 1 fully saturated rings. The normalized spacial score (nSPS) is 22.0. The molecule has 1 aliphatic rings. The largest absolute Gasteiger partial charge is 0.391 e. The highest BCUT2D eigenvalue weighted by Gasteiger charge is 2.23. The number of carbonyl (C=O) groups excluding carboxylic acids is 1. The average Bonchev–Trinajstić information content (AvgIpc) is 2.51. The first-order valence-corrected chi connectivity index (χ1v) is 5.17. The van der Waals surface area contributed by atoms with E-state index < -0.39 is 0 Å². The van der Waals surface area contributed by atoms with E-state index in [4.69, 9.17) is 4.74 Å². The first-order chi connectivity index (χ1) is 6.59. The van der Waals surface area contributed by atoms with E-state index in [0.29, 0.717) is 32.5 Å². The van der Waals surface area contributed by atoms with Crippen LogP contribution >= 0.6 is 0 Å². The zero-order chi connectivity index (χ0) is 10.6. The molecule has 0 unspecified atom stereocenters. The zero-order valence-corrected chi connectivity index (χ0v) is 8.90. The third kappa shape index (κ3) is 3.64. The summed E-state index contributed by atoms with van der Waals surface area (Å²) in [5.41, 5.74) is 0. The van der Waals surface area contributed by atoms with Crippen LogP contribution in [0.2, 0.25) is 0 Å². The molecule has 1 amide bonds. The van der Waals surface area contributed by atoms with Gasteiger partial charge in [0.15, 0.2) is 0 Å². The Morgan fingerprint density at radius 3 is 2.86 bits per heavy atom. The summed E-state index contributed by atoms with van der Waals surface area (Å²) in [6.45, 7) is 5.54. The topological polar surface area (TPSA) is 49.8 Å². The molecule has 1 aliphatic heterocycles. The molecule has 0 bridgehead atoms. The summed E-state index contributed by atoms with van der Waals surface area (Å²) in [7, 11) is 0. The van der Waals surface area contributed by atoms with Gasteiger partial charge in [-0.25, -0.2) is 0 Å². The number of nitrogens with zero attached hydrogens (tertiary/aromatic N) is 1. The number of hydrogen-bond donors (Lipinski definition) is 1. The van der Waals surface area contributed by atoms with Gasteiger partial charge in [-0.2, -0.15) is 0 Å². The Hall–Kier alpha value is -0.610. The standard InChI is InChI=1S/C10H19NO3/c1-8(2)14-6-4-10(13)11-5-3-9(12)7-11/h8-9,12H,3-7H2,1-2H3/t9-/m0/s1. The van der Waals surface area contributed by atoms with Crippen LogP contribution < -0.4 is 0 Å². The molecule has 0 radical (unpaired) electrons. The quantitative estimate of drug-likeness (QED) is 0.716. The van der Waals surface area contributed by atoms with E-state index in [2.05, 4.69) is 0 Å². The molecule has 0 aromatic heterocycles. The van der Waals surface area contributed by atoms with Gasteiger partial charge in [-0.1, -0.05) is 0 Å². The van der Waals surface area contributed by atoms with E-state index in [1.165, 1.54) is 0 Å². The Balaban J connectivity index is 2.15. The van der Waals surface area contributed by atoms with Crippen LogP contribution in [0.4, 0.5) is 0 Å². The number of ether oxygens (including phenoxy) is 1. The van der Waals surface area contributed by atoms with Gasteiger partial charge in [0.05, 0.1) is 25.2 Å². The summed E-state index contributed by atoms with van der Waals surface area (Å²) in [4.78, 5) is 13.2. The van der Waals surface area contributed by atoms with Gasteiger partial charge in [-0.15, -0.1) is 0 Å². The number of likely N-dealkylation sites (tertiary alicyclic amines) is 1. The summed E-state index contributed by atoms with van der Waals surface area (Å²) < 4.78 is 5.29. The number of aliphatic hydroxyl groups excluding tert-OH is 1. The van der Waals surface area contributed by atoms with E-state index in [0.717, 1.165) is 0 Å². The van der Waals surface area contributed by atoms with Crippen molar-refractivity contribution in [3.8, 4) is 0 Å². The van der Waals surface area contributed by atoms with Gasteiger partial charge in [0.25, 0.3) is 0 Å². The SMILES string of the molecule is CC(C)OCCC(=O)N1CC[C@H](O)C1. The lowest BCUT2D eigenvalue weighted by atomic mass is 10.3. The molecular formula is C10H19NO3. The maximum Gasteiger partial charge on any atom is 0.224 e. The van der Waals surface area contributed by atoms with Crippen LogP contribution in [-0.4, -0.2) is 47.8 Å². The molecule has 0 aliphatic carbocycles. The molecule has 1 rings (SSSR count). The Morgan fingerprint density at radius 1 is 1.64 bits per heavy atom. The van der Waals surface area contributed by atoms with E-state index in [-0.39, 0.29) is 18.1 Å². The number of carbonyl (C=O) groups is 1. The van der Waals surface area contributed by atoms with Crippen molar-refractivity contribution in [2.45, 2.75) is 38.9 Å². The molecular weight excluding hydrogens is 182 g/mol. The van der Waals surface area contributed by atoms with Gasteiger partial charge in [-0.3, -0.25) is 4.79 Å². The van der Waals surface area contributed by atoms with Gasteiger partial charge in [0, 0.05) is 13.1 Å². The molecule has 0 saturated carbocycles. The molecule has 82 valence electrons. The van der Waals surface area contributed by atoms with Crippen molar-refractivity contribution in [1.82, 2.24) is 4.90 Å². The molecule has 0 spiro atoms. The first kappa shape index (κ1) is 11.5. The molecule has 1 N–H and O–H groups in total. The van der Waals surface area contributed by atoms with E-state index in [9.17, 15) is 9.90 Å². The van der Waals surface area contributed by atoms with Crippen molar-refractivity contribution in [2.75, 3.05) is 19.7 Å². The van der Waals surface area contributed by atoms with Gasteiger partial charge < -0.3 is 14.7 Å². The number of hydrogen-bond acceptors (Lipinski definition) is 3. The Morgan fingerprint density at radius 2 is 2.36 bits per heavy atom. The molecule has 1 heterocycles. The van der Waals surface area contributed by atoms with Crippen molar-refractivity contribution >= 4 is 5.91 Å². The average molecular weight is 201 g/mol. The Labute approximate surface area is 84.8 Å². The molecule has 1 saturated heterocycles. The maximum atomic E-state index is 11.5. The minimum absolute atomic E-state index is 0.0854. The van der Waals surface area contributed by atoms with E-state index >= 15 is 0 Å². The molecule has 0 aromatic rings. The van der Waals surface area contributed by atoms with Gasteiger partial charge in [0.2, 0.25) is 5.91 Å². The summed E-state index contributed by atoms with van der Waals surface area (Å²) >= 11 is 0. The summed E-state index contributed by atoms with van der Waals surface area (Å²) in [6, 6.07) is 0. The minimum atomic E-state index is -0.329. The summed E-state index contributed by atoms with van der Waals surface area (Å²) in [6.07, 6.45) is 0.971. The molecule has 4 nitrogen and oxygen atoms in total. The van der Waals surface area contributed by atoms with Crippen molar-refractivity contribution in [3.05, 3.63) is 0 Å². The van der Waals surface area contributed by atoms with Crippen LogP contribution in [0.5, 0.6) is 0 Å². The Kier molecular flexibility index (Phi) is 4.35. The predicted octanol–water partition coefficient (Wildman–Crippen LogP) is 0.395. The van der Waals surface area contributed by atoms with Crippen LogP contribution in [0.3, 0.4) is 0 Å². The van der Waals surface area contributed by atoms with Crippen molar-refractivity contribution in [1.29, 1.82) is 0 Å². The second-order valence-corrected chi connectivity index (χ2v) is 3.95. The van der Waals surface area contributed by atoms with Crippen molar-refractivity contribution < 1.29 is 14.6 Å². The molecule has 1 atom stereocenters. The third-order valence-electron chi connectivity index (χ3n) is 2.28. The highest BCUT2D eigenvalue weighted by atomic mass is 16.5. The third-order valence-corrected chi connectivity index (χ3v) is 2.28. The van der Waals surface area contributed by atoms with Gasteiger partial charge >= 0.3 is 0 Å². The highest BCUT2D eigenvalue weighted by Crippen LogP contribution is 2.10. The minimum Gasteiger partial charge on any atom is -0.391 e. The van der Waals surface area contributed by atoms with Crippen LogP contribution in [0.1, 0.15) is 26.7 Å². The summed E-state index contributed by atoms with van der Waals surface area (Å²) in [5, 5.41) is 9.24. The fourth-order valence-corrected chi connectivity index (χ4v) is 1.51. The summed E-state index contributed by atoms with van der Waals surface area (Å²) in [5.74, 6) is 0.0854. The number of aliphatic hydroxyl groups is 1. The van der Waals surface area contributed by atoms with Crippen molar-refractivity contribution in [2.24, 2.45) is 0 Å². The lowest BCUT2D eigenvalue weighted by molar-refractivity contribution is -0.131. The van der Waals surface area contributed by atoms with Crippen molar-refractivity contribution in [3.63, 3.8) is 0 Å². The molecule has 14 heavy (non-hydrogen) atoms. The number of β-amino-alcohol motifs (C(OH)–C–C–N with tert-alkyl or cyclic N) is 1. The van der Waals surface area contributed by atoms with Crippen LogP contribution in [0.15, 0.2) is 0 Å². The Bertz CT molecular complexity index is 194. The van der Waals surface area contributed by atoms with E-state index in [1.54, 1.807) is 4.90 Å². The number of amides is 1. The second-order valence-electron chi connectivity index (χ2n) is 3.95. The highest BCUT2D eigenvalue weighted by molar-refractivity contribution is 5.76. The van der Waals surface area contributed by atoms with Gasteiger partial charge in [-0.05, 0) is 20.3 Å². The monoisotopic (exact) mass is 201 g/mol. The fraction of sp³-hybridized carbons (Fsp3) is 0.900. The molecule has 0 aromatic carbocycles. The lowest BCUT2D eigenvalue weighted by Gasteiger charge is -2.15. The van der Waals surface area contributed by atoms with Crippen LogP contribution in [0, 0.1) is 0 Å². The van der Waals surface area contributed by atoms with E-state index in [1.807, 2.05) is 13.8 Å². The first-order valence-electron chi connectivity index (χ1n) is 5.17. The smallest absolute Gasteiger partial charge is 0.224 e. The van der Waals surface area contributed by atoms with Gasteiger partial charge in [0.1, 0.15) is 0 Å². The zero-order valence-electron chi connectivity index (χ0n) is 8.90.